The van der Waals surface area contributed by atoms with Crippen molar-refractivity contribution >= 4 is 5.97 Å². The topological polar surface area (TPSA) is 57.5 Å². The van der Waals surface area contributed by atoms with E-state index in [0.717, 1.165) is 51.4 Å². The van der Waals surface area contributed by atoms with Crippen molar-refractivity contribution in [3.63, 3.8) is 0 Å². The molecule has 1 atom stereocenters. The molecule has 0 aliphatic heterocycles. The van der Waals surface area contributed by atoms with Crippen LogP contribution in [0.15, 0.2) is 0 Å². The molecule has 0 aromatic rings. The average Bonchev–Trinajstić information content (AvgIpc) is 2.67. The van der Waals surface area contributed by atoms with Crippen LogP contribution in [0.25, 0.3) is 0 Å². The Hall–Kier alpha value is -0.570. The van der Waals surface area contributed by atoms with Crippen LogP contribution < -0.4 is 0 Å². The number of carbonyl (C=O) groups is 1. The molecular formula is C25H50O3. The summed E-state index contributed by atoms with van der Waals surface area (Å²) in [6.45, 7) is 2.28. The molecule has 0 aromatic heterocycles. The van der Waals surface area contributed by atoms with Crippen molar-refractivity contribution in [2.45, 2.75) is 154 Å². The molecule has 0 aliphatic rings. The monoisotopic (exact) mass is 398 g/mol. The van der Waals surface area contributed by atoms with Crippen LogP contribution in [0, 0.1) is 0 Å². The Bertz CT molecular complexity index is 317. The smallest absolute Gasteiger partial charge is 0.303 e. The Morgan fingerprint density at radius 3 is 1.25 bits per heavy atom. The molecule has 0 saturated heterocycles. The molecule has 0 aromatic carbocycles. The summed E-state index contributed by atoms with van der Waals surface area (Å²) >= 11 is 0. The number of aliphatic carboxylic acids is 1. The van der Waals surface area contributed by atoms with E-state index in [0.29, 0.717) is 6.42 Å². The molecule has 1 unspecified atom stereocenters. The van der Waals surface area contributed by atoms with Gasteiger partial charge in [-0.1, -0.05) is 122 Å². The average molecular weight is 399 g/mol. The van der Waals surface area contributed by atoms with Crippen LogP contribution in [-0.2, 0) is 4.79 Å². The Kier molecular flexibility index (Phi) is 22.3. The highest BCUT2D eigenvalue weighted by Gasteiger charge is 2.04. The third kappa shape index (κ3) is 23.5. The van der Waals surface area contributed by atoms with Crippen LogP contribution in [-0.4, -0.2) is 22.3 Å². The summed E-state index contributed by atoms with van der Waals surface area (Å²) in [7, 11) is 0. The third-order valence-electron chi connectivity index (χ3n) is 5.82. The van der Waals surface area contributed by atoms with Crippen LogP contribution in [0.2, 0.25) is 0 Å². The molecule has 0 amide bonds. The molecule has 3 heteroatoms. The molecule has 28 heavy (non-hydrogen) atoms. The molecule has 0 spiro atoms. The van der Waals surface area contributed by atoms with E-state index in [9.17, 15) is 9.90 Å². The van der Waals surface area contributed by atoms with Gasteiger partial charge in [-0.2, -0.15) is 0 Å². The Balaban J connectivity index is 3.14. The van der Waals surface area contributed by atoms with Gasteiger partial charge in [-0.05, 0) is 19.3 Å². The minimum absolute atomic E-state index is 0.128. The summed E-state index contributed by atoms with van der Waals surface area (Å²) in [6, 6.07) is 0. The first kappa shape index (κ1) is 27.4. The molecule has 0 heterocycles. The van der Waals surface area contributed by atoms with Gasteiger partial charge < -0.3 is 10.2 Å². The van der Waals surface area contributed by atoms with Gasteiger partial charge in [0.05, 0.1) is 6.10 Å². The third-order valence-corrected chi connectivity index (χ3v) is 5.82. The number of rotatable bonds is 23. The van der Waals surface area contributed by atoms with Crippen LogP contribution in [0.5, 0.6) is 0 Å². The highest BCUT2D eigenvalue weighted by Crippen LogP contribution is 2.15. The number of hydrogen-bond acceptors (Lipinski definition) is 2. The normalized spacial score (nSPS) is 12.4. The maximum Gasteiger partial charge on any atom is 0.303 e. The quantitative estimate of drug-likeness (QED) is 0.171. The number of hydrogen-bond donors (Lipinski definition) is 2. The van der Waals surface area contributed by atoms with Gasteiger partial charge in [0.15, 0.2) is 0 Å². The van der Waals surface area contributed by atoms with Crippen LogP contribution in [0.4, 0.5) is 0 Å². The second-order valence-corrected chi connectivity index (χ2v) is 8.74. The number of carboxylic acid groups (broad SMARTS) is 1. The lowest BCUT2D eigenvalue weighted by Crippen LogP contribution is -2.05. The van der Waals surface area contributed by atoms with Gasteiger partial charge in [0.1, 0.15) is 0 Å². The van der Waals surface area contributed by atoms with E-state index in [1.165, 1.54) is 83.5 Å². The van der Waals surface area contributed by atoms with Crippen LogP contribution in [0.1, 0.15) is 148 Å². The zero-order valence-electron chi connectivity index (χ0n) is 18.9. The van der Waals surface area contributed by atoms with Crippen molar-refractivity contribution in [3.05, 3.63) is 0 Å². The fourth-order valence-electron chi connectivity index (χ4n) is 3.91. The van der Waals surface area contributed by atoms with Gasteiger partial charge in [-0.15, -0.1) is 0 Å². The van der Waals surface area contributed by atoms with Crippen molar-refractivity contribution in [1.29, 1.82) is 0 Å². The summed E-state index contributed by atoms with van der Waals surface area (Å²) in [5.74, 6) is -0.691. The van der Waals surface area contributed by atoms with Crippen molar-refractivity contribution in [3.8, 4) is 0 Å². The minimum Gasteiger partial charge on any atom is -0.481 e. The van der Waals surface area contributed by atoms with Gasteiger partial charge >= 0.3 is 5.97 Å². The molecule has 0 saturated carbocycles. The zero-order chi connectivity index (χ0) is 20.7. The predicted molar refractivity (Wildman–Crippen MR) is 121 cm³/mol. The zero-order valence-corrected chi connectivity index (χ0v) is 18.9. The molecule has 0 fully saturated rings. The van der Waals surface area contributed by atoms with E-state index in [4.69, 9.17) is 5.11 Å². The Morgan fingerprint density at radius 2 is 0.893 bits per heavy atom. The predicted octanol–water partition coefficient (Wildman–Crippen LogP) is 8.03. The van der Waals surface area contributed by atoms with Crippen LogP contribution >= 0.6 is 0 Å². The van der Waals surface area contributed by atoms with E-state index in [1.807, 2.05) is 0 Å². The summed E-state index contributed by atoms with van der Waals surface area (Å²) in [4.78, 5) is 10.4. The van der Waals surface area contributed by atoms with Crippen LogP contribution in [0.3, 0.4) is 0 Å². The minimum atomic E-state index is -0.691. The molecule has 0 radical (unpaired) electrons. The molecule has 3 nitrogen and oxygen atoms in total. The van der Waals surface area contributed by atoms with Gasteiger partial charge in [0, 0.05) is 6.42 Å². The lowest BCUT2D eigenvalue weighted by molar-refractivity contribution is -0.137. The maximum absolute atomic E-state index is 10.4. The lowest BCUT2D eigenvalue weighted by atomic mass is 10.0. The summed E-state index contributed by atoms with van der Waals surface area (Å²) in [6.07, 6.45) is 26.4. The first-order valence-electron chi connectivity index (χ1n) is 12.6. The Labute approximate surface area is 175 Å². The lowest BCUT2D eigenvalue weighted by Gasteiger charge is -2.10. The standard InChI is InChI=1S/C25H50O3/c1-2-3-4-5-6-7-8-9-10-11-12-13-15-18-21-24(26)22-19-16-14-17-20-23-25(27)28/h24,26H,2-23H2,1H3,(H,27,28). The van der Waals surface area contributed by atoms with E-state index in [-0.39, 0.29) is 6.10 Å². The summed E-state index contributed by atoms with van der Waals surface area (Å²) in [5, 5.41) is 18.6. The molecular weight excluding hydrogens is 348 g/mol. The largest absolute Gasteiger partial charge is 0.481 e. The molecule has 0 aliphatic carbocycles. The first-order valence-corrected chi connectivity index (χ1v) is 12.6. The van der Waals surface area contributed by atoms with E-state index in [2.05, 4.69) is 6.92 Å². The number of aliphatic hydroxyl groups is 1. The van der Waals surface area contributed by atoms with Crippen molar-refractivity contribution in [2.24, 2.45) is 0 Å². The second kappa shape index (κ2) is 22.7. The molecule has 2 N–H and O–H groups in total. The van der Waals surface area contributed by atoms with E-state index < -0.39 is 5.97 Å². The highest BCUT2D eigenvalue weighted by atomic mass is 16.4. The number of unbranched alkanes of at least 4 members (excludes halogenated alkanes) is 17. The van der Waals surface area contributed by atoms with Crippen molar-refractivity contribution < 1.29 is 15.0 Å². The molecule has 0 rings (SSSR count). The van der Waals surface area contributed by atoms with Crippen molar-refractivity contribution in [1.82, 2.24) is 0 Å². The summed E-state index contributed by atoms with van der Waals surface area (Å²) in [5.41, 5.74) is 0. The van der Waals surface area contributed by atoms with Gasteiger partial charge in [0.2, 0.25) is 0 Å². The molecule has 168 valence electrons. The Morgan fingerprint density at radius 1 is 0.571 bits per heavy atom. The van der Waals surface area contributed by atoms with Gasteiger partial charge in [-0.25, -0.2) is 0 Å². The number of carboxylic acids is 1. The first-order chi connectivity index (χ1) is 13.7. The number of aliphatic hydroxyl groups excluding tert-OH is 1. The fourth-order valence-corrected chi connectivity index (χ4v) is 3.91. The highest BCUT2D eigenvalue weighted by molar-refractivity contribution is 5.66. The summed E-state index contributed by atoms with van der Waals surface area (Å²) < 4.78 is 0. The van der Waals surface area contributed by atoms with E-state index in [1.54, 1.807) is 0 Å². The SMILES string of the molecule is CCCCCCCCCCCCCCCCC(O)CCCCCCCC(=O)O. The molecule has 0 bridgehead atoms. The van der Waals surface area contributed by atoms with E-state index >= 15 is 0 Å². The maximum atomic E-state index is 10.4. The van der Waals surface area contributed by atoms with Gasteiger partial charge in [-0.3, -0.25) is 4.79 Å². The fraction of sp³-hybridized carbons (Fsp3) is 0.960. The van der Waals surface area contributed by atoms with Gasteiger partial charge in [0.25, 0.3) is 0 Å². The second-order valence-electron chi connectivity index (χ2n) is 8.74. The van der Waals surface area contributed by atoms with Crippen molar-refractivity contribution in [2.75, 3.05) is 0 Å².